The van der Waals surface area contributed by atoms with E-state index in [1.807, 2.05) is 54.6 Å². The lowest BCUT2D eigenvalue weighted by molar-refractivity contribution is -0.105. The summed E-state index contributed by atoms with van der Waals surface area (Å²) in [5, 5.41) is 7.12. The van der Waals surface area contributed by atoms with Gasteiger partial charge in [0.05, 0.1) is 12.3 Å². The van der Waals surface area contributed by atoms with E-state index in [9.17, 15) is 4.79 Å². The van der Waals surface area contributed by atoms with Crippen LogP contribution in [0, 0.1) is 0 Å². The van der Waals surface area contributed by atoms with Gasteiger partial charge in [0.1, 0.15) is 17.1 Å². The van der Waals surface area contributed by atoms with Gasteiger partial charge in [0, 0.05) is 13.5 Å². The Labute approximate surface area is 187 Å². The number of aryl methyl sites for hydroxylation is 1. The minimum atomic E-state index is -0.803. The third kappa shape index (κ3) is 4.00. The molecule has 6 heteroatoms. The molecule has 4 aromatic rings. The van der Waals surface area contributed by atoms with Gasteiger partial charge in [-0.05, 0) is 16.7 Å². The number of carbonyl (C=O) groups excluding carboxylic acids is 1. The van der Waals surface area contributed by atoms with Crippen molar-refractivity contribution in [3.8, 4) is 0 Å². The Bertz CT molecular complexity index is 1060. The van der Waals surface area contributed by atoms with Crippen molar-refractivity contribution in [3.05, 3.63) is 113 Å². The lowest BCUT2D eigenvalue weighted by Crippen LogP contribution is -2.33. The molecule has 0 fully saturated rings. The lowest BCUT2D eigenvalue weighted by Gasteiger charge is -2.36. The number of amides is 1. The molecule has 4 rings (SSSR count). The second-order valence-electron chi connectivity index (χ2n) is 7.47. The average molecular weight is 427 g/mol. The quantitative estimate of drug-likeness (QED) is 0.312. The summed E-state index contributed by atoms with van der Waals surface area (Å²) in [6.07, 6.45) is 1.09. The predicted molar refractivity (Wildman–Crippen MR) is 126 cm³/mol. The molecule has 0 aliphatic rings. The number of nitrogens with one attached hydrogen (secondary N) is 1. The number of aromatic nitrogens is 2. The molecule has 0 spiro atoms. The fraction of sp³-hybridized carbons (Fsp3) is 0.154. The number of nitrogens with two attached hydrogens (primary N) is 1. The largest absolute Gasteiger partial charge is 0.382 e. The van der Waals surface area contributed by atoms with Crippen LogP contribution < -0.4 is 11.1 Å². The molecule has 6 nitrogen and oxygen atoms in total. The van der Waals surface area contributed by atoms with E-state index in [-0.39, 0.29) is 0 Å². The first-order valence-corrected chi connectivity index (χ1v) is 10.5. The van der Waals surface area contributed by atoms with Gasteiger partial charge in [0.15, 0.2) is 0 Å². The summed E-state index contributed by atoms with van der Waals surface area (Å²) < 4.78 is 8.32. The van der Waals surface area contributed by atoms with Gasteiger partial charge < -0.3 is 15.8 Å². The molecule has 0 aliphatic heterocycles. The number of carbonyl (C=O) groups is 1. The molecule has 0 radical (unpaired) electrons. The van der Waals surface area contributed by atoms with Gasteiger partial charge in [0.2, 0.25) is 6.41 Å². The number of hydrogen-bond acceptors (Lipinski definition) is 4. The van der Waals surface area contributed by atoms with Crippen LogP contribution >= 0.6 is 0 Å². The number of hydrogen-bond donors (Lipinski definition) is 2. The molecule has 1 aromatic heterocycles. The average Bonchev–Trinajstić information content (AvgIpc) is 3.11. The predicted octanol–water partition coefficient (Wildman–Crippen LogP) is 4.12. The molecule has 0 saturated carbocycles. The number of anilines is 2. The summed E-state index contributed by atoms with van der Waals surface area (Å²) in [5.74, 6) is 0.410. The zero-order valence-corrected chi connectivity index (χ0v) is 17.9. The van der Waals surface area contributed by atoms with Crippen LogP contribution in [-0.4, -0.2) is 22.8 Å². The first-order valence-electron chi connectivity index (χ1n) is 10.5. The molecule has 0 bridgehead atoms. The Morgan fingerprint density at radius 2 is 1.38 bits per heavy atom. The Morgan fingerprint density at radius 3 is 1.81 bits per heavy atom. The second kappa shape index (κ2) is 9.49. The third-order valence-electron chi connectivity index (χ3n) is 5.57. The van der Waals surface area contributed by atoms with Crippen molar-refractivity contribution in [1.29, 1.82) is 0 Å². The van der Waals surface area contributed by atoms with E-state index in [0.29, 0.717) is 36.6 Å². The molecule has 162 valence electrons. The fourth-order valence-electron chi connectivity index (χ4n) is 4.06. The highest BCUT2D eigenvalue weighted by molar-refractivity contribution is 5.79. The van der Waals surface area contributed by atoms with Crippen LogP contribution in [0.25, 0.3) is 0 Å². The van der Waals surface area contributed by atoms with Crippen LogP contribution in [0.1, 0.15) is 22.4 Å². The third-order valence-corrected chi connectivity index (χ3v) is 5.57. The maximum absolute atomic E-state index is 11.0. The van der Waals surface area contributed by atoms with Gasteiger partial charge in [-0.25, -0.2) is 0 Å². The smallest absolute Gasteiger partial charge is 0.211 e. The van der Waals surface area contributed by atoms with Crippen molar-refractivity contribution < 1.29 is 9.53 Å². The highest BCUT2D eigenvalue weighted by Gasteiger charge is 2.37. The standard InChI is InChI=1S/C26H26N4O2/c1-30-25(27)24(28-19-31)23(29-30)17-18-32-26(20-11-5-2-6-12-20,21-13-7-3-8-14-21)22-15-9-4-10-16-22/h2-16,19H,17-18,27H2,1H3,(H,28,31). The Morgan fingerprint density at radius 1 is 0.906 bits per heavy atom. The van der Waals surface area contributed by atoms with E-state index in [1.165, 1.54) is 0 Å². The molecule has 3 N–H and O–H groups in total. The first-order chi connectivity index (χ1) is 15.7. The SMILES string of the molecule is Cn1nc(CCOC(c2ccccc2)(c2ccccc2)c2ccccc2)c(NC=O)c1N. The molecular formula is C26H26N4O2. The molecule has 0 saturated heterocycles. The summed E-state index contributed by atoms with van der Waals surface area (Å²) in [6.45, 7) is 0.364. The van der Waals surface area contributed by atoms with Gasteiger partial charge in [0.25, 0.3) is 0 Å². The van der Waals surface area contributed by atoms with Crippen LogP contribution in [0.15, 0.2) is 91.0 Å². The van der Waals surface area contributed by atoms with Crippen LogP contribution in [-0.2, 0) is 28.6 Å². The maximum atomic E-state index is 11.0. The van der Waals surface area contributed by atoms with Crippen molar-refractivity contribution in [2.24, 2.45) is 7.05 Å². The van der Waals surface area contributed by atoms with Crippen molar-refractivity contribution in [3.63, 3.8) is 0 Å². The van der Waals surface area contributed by atoms with E-state index >= 15 is 0 Å². The molecule has 0 atom stereocenters. The van der Waals surface area contributed by atoms with E-state index in [4.69, 9.17) is 10.5 Å². The van der Waals surface area contributed by atoms with Gasteiger partial charge >= 0.3 is 0 Å². The van der Waals surface area contributed by atoms with Crippen LogP contribution in [0.4, 0.5) is 11.5 Å². The molecular weight excluding hydrogens is 400 g/mol. The number of benzene rings is 3. The van der Waals surface area contributed by atoms with Gasteiger partial charge in [-0.15, -0.1) is 0 Å². The minimum absolute atomic E-state index is 0.364. The Kier molecular flexibility index (Phi) is 6.33. The number of nitrogen functional groups attached to an aromatic ring is 1. The maximum Gasteiger partial charge on any atom is 0.211 e. The van der Waals surface area contributed by atoms with Gasteiger partial charge in [-0.1, -0.05) is 91.0 Å². The molecule has 32 heavy (non-hydrogen) atoms. The van der Waals surface area contributed by atoms with E-state index < -0.39 is 5.60 Å². The van der Waals surface area contributed by atoms with Crippen LogP contribution in [0.2, 0.25) is 0 Å². The van der Waals surface area contributed by atoms with E-state index in [2.05, 4.69) is 46.8 Å². The first kappa shape index (κ1) is 21.3. The summed E-state index contributed by atoms with van der Waals surface area (Å²) in [7, 11) is 1.75. The van der Waals surface area contributed by atoms with Crippen LogP contribution in [0.5, 0.6) is 0 Å². The Hall–Kier alpha value is -3.90. The molecule has 0 aliphatic carbocycles. The van der Waals surface area contributed by atoms with Crippen molar-refractivity contribution >= 4 is 17.9 Å². The lowest BCUT2D eigenvalue weighted by atomic mass is 9.80. The molecule has 0 unspecified atom stereocenters. The Balaban J connectivity index is 1.75. The molecule has 1 heterocycles. The van der Waals surface area contributed by atoms with E-state index in [1.54, 1.807) is 11.7 Å². The van der Waals surface area contributed by atoms with Crippen molar-refractivity contribution in [1.82, 2.24) is 9.78 Å². The zero-order valence-electron chi connectivity index (χ0n) is 17.9. The number of rotatable bonds is 9. The minimum Gasteiger partial charge on any atom is -0.382 e. The highest BCUT2D eigenvalue weighted by atomic mass is 16.5. The summed E-state index contributed by atoms with van der Waals surface area (Å²) in [5.41, 5.74) is 9.55. The highest BCUT2D eigenvalue weighted by Crippen LogP contribution is 2.40. The molecule has 1 amide bonds. The zero-order chi connectivity index (χ0) is 22.4. The van der Waals surface area contributed by atoms with Crippen LogP contribution in [0.3, 0.4) is 0 Å². The monoisotopic (exact) mass is 426 g/mol. The summed E-state index contributed by atoms with van der Waals surface area (Å²) in [4.78, 5) is 11.0. The number of ether oxygens (including phenoxy) is 1. The number of nitrogens with zero attached hydrogens (tertiary/aromatic N) is 2. The van der Waals surface area contributed by atoms with Gasteiger partial charge in [-0.3, -0.25) is 9.48 Å². The summed E-state index contributed by atoms with van der Waals surface area (Å²) in [6, 6.07) is 30.6. The second-order valence-corrected chi connectivity index (χ2v) is 7.47. The summed E-state index contributed by atoms with van der Waals surface area (Å²) >= 11 is 0. The van der Waals surface area contributed by atoms with E-state index in [0.717, 1.165) is 16.7 Å². The van der Waals surface area contributed by atoms with Crippen molar-refractivity contribution in [2.75, 3.05) is 17.7 Å². The normalized spacial score (nSPS) is 11.3. The topological polar surface area (TPSA) is 82.2 Å². The van der Waals surface area contributed by atoms with Gasteiger partial charge in [-0.2, -0.15) is 5.10 Å². The molecule has 3 aromatic carbocycles. The fourth-order valence-corrected chi connectivity index (χ4v) is 4.06. The van der Waals surface area contributed by atoms with Crippen molar-refractivity contribution in [2.45, 2.75) is 12.0 Å².